The van der Waals surface area contributed by atoms with E-state index in [1.807, 2.05) is 12.1 Å². The summed E-state index contributed by atoms with van der Waals surface area (Å²) < 4.78 is 37.6. The summed E-state index contributed by atoms with van der Waals surface area (Å²) in [6.45, 7) is 0.224. The number of amides is 1. The number of nitrogens with one attached hydrogen (secondary N) is 2. The van der Waals surface area contributed by atoms with Crippen LogP contribution in [0.3, 0.4) is 0 Å². The van der Waals surface area contributed by atoms with Gasteiger partial charge >= 0.3 is 0 Å². The molecule has 2 rings (SSSR count). The number of methoxy groups -OCH3 is 2. The van der Waals surface area contributed by atoms with Gasteiger partial charge in [0.05, 0.1) is 14.2 Å². The largest absolute Gasteiger partial charge is 0.496 e. The molecule has 9 heteroatoms. The molecule has 7 nitrogen and oxygen atoms in total. The number of benzene rings is 2. The van der Waals surface area contributed by atoms with E-state index >= 15 is 0 Å². The summed E-state index contributed by atoms with van der Waals surface area (Å²) in [5.74, 6) is 0.383. The lowest BCUT2D eigenvalue weighted by Gasteiger charge is -2.12. The third-order valence-corrected chi connectivity index (χ3v) is 5.59. The molecule has 2 aromatic carbocycles. The van der Waals surface area contributed by atoms with E-state index in [-0.39, 0.29) is 22.8 Å². The lowest BCUT2D eigenvalue weighted by Crippen LogP contribution is -2.24. The summed E-state index contributed by atoms with van der Waals surface area (Å²) in [6, 6.07) is 9.68. The zero-order valence-corrected chi connectivity index (χ0v) is 16.9. The number of sulfonamides is 1. The first kappa shape index (κ1) is 20.2. The van der Waals surface area contributed by atoms with Gasteiger partial charge in [-0.05, 0) is 43.4 Å². The highest BCUT2D eigenvalue weighted by molar-refractivity contribution is 9.10. The van der Waals surface area contributed by atoms with Crippen molar-refractivity contribution in [3.05, 3.63) is 52.0 Å². The molecule has 0 saturated carbocycles. The zero-order valence-electron chi connectivity index (χ0n) is 14.5. The highest BCUT2D eigenvalue weighted by atomic mass is 79.9. The number of hydrogen-bond donors (Lipinski definition) is 2. The molecule has 0 atom stereocenters. The quantitative estimate of drug-likeness (QED) is 0.685. The van der Waals surface area contributed by atoms with Crippen LogP contribution in [0.25, 0.3) is 0 Å². The van der Waals surface area contributed by atoms with Crippen molar-refractivity contribution < 1.29 is 22.7 Å². The Kier molecular flexibility index (Phi) is 6.63. The molecule has 0 fully saturated rings. The molecule has 2 aromatic rings. The van der Waals surface area contributed by atoms with Crippen molar-refractivity contribution in [2.45, 2.75) is 11.4 Å². The molecule has 0 radical (unpaired) electrons. The number of rotatable bonds is 7. The van der Waals surface area contributed by atoms with Gasteiger partial charge in [0.15, 0.2) is 0 Å². The molecular formula is C17H19BrN2O5S. The zero-order chi connectivity index (χ0) is 19.3. The minimum absolute atomic E-state index is 0.102. The Morgan fingerprint density at radius 1 is 1.08 bits per heavy atom. The number of halogens is 1. The third kappa shape index (κ3) is 4.54. The lowest BCUT2D eigenvalue weighted by atomic mass is 10.1. The average molecular weight is 443 g/mol. The average Bonchev–Trinajstić information content (AvgIpc) is 2.65. The maximum atomic E-state index is 12.4. The van der Waals surface area contributed by atoms with E-state index in [1.54, 1.807) is 13.2 Å². The molecule has 0 aromatic heterocycles. The van der Waals surface area contributed by atoms with E-state index in [0.29, 0.717) is 5.75 Å². The van der Waals surface area contributed by atoms with Crippen LogP contribution in [0.15, 0.2) is 45.8 Å². The Bertz CT molecular complexity index is 915. The standard InChI is InChI=1S/C17H19BrN2O5S/c1-19-26(22,23)16-9-11(4-6-15(16)25-3)17(21)20-10-12-8-13(18)5-7-14(12)24-2/h4-9,19H,10H2,1-3H3,(H,20,21). The highest BCUT2D eigenvalue weighted by Crippen LogP contribution is 2.25. The van der Waals surface area contributed by atoms with Crippen molar-refractivity contribution in [3.8, 4) is 11.5 Å². The molecule has 26 heavy (non-hydrogen) atoms. The van der Waals surface area contributed by atoms with Crippen LogP contribution < -0.4 is 19.5 Å². The van der Waals surface area contributed by atoms with Gasteiger partial charge in [-0.15, -0.1) is 0 Å². The Morgan fingerprint density at radius 3 is 2.35 bits per heavy atom. The van der Waals surface area contributed by atoms with E-state index in [4.69, 9.17) is 9.47 Å². The van der Waals surface area contributed by atoms with Gasteiger partial charge < -0.3 is 14.8 Å². The second kappa shape index (κ2) is 8.52. The van der Waals surface area contributed by atoms with Gasteiger partial charge in [0.2, 0.25) is 10.0 Å². The van der Waals surface area contributed by atoms with Gasteiger partial charge in [-0.1, -0.05) is 15.9 Å². The predicted octanol–water partition coefficient (Wildman–Crippen LogP) is 2.30. The molecular weight excluding hydrogens is 424 g/mol. The van der Waals surface area contributed by atoms with Crippen LogP contribution in [0, 0.1) is 0 Å². The van der Waals surface area contributed by atoms with Crippen molar-refractivity contribution in [1.82, 2.24) is 10.0 Å². The van der Waals surface area contributed by atoms with Crippen molar-refractivity contribution in [2.75, 3.05) is 21.3 Å². The number of carbonyl (C=O) groups excluding carboxylic acids is 1. The fraction of sp³-hybridized carbons (Fsp3) is 0.235. The van der Waals surface area contributed by atoms with E-state index in [2.05, 4.69) is 26.0 Å². The van der Waals surface area contributed by atoms with Crippen LogP contribution in [0.4, 0.5) is 0 Å². The van der Waals surface area contributed by atoms with Gasteiger partial charge in [-0.25, -0.2) is 13.1 Å². The summed E-state index contributed by atoms with van der Waals surface area (Å²) in [6.07, 6.45) is 0. The molecule has 1 amide bonds. The molecule has 0 saturated heterocycles. The Balaban J connectivity index is 2.26. The monoisotopic (exact) mass is 442 g/mol. The molecule has 0 heterocycles. The maximum absolute atomic E-state index is 12.4. The molecule has 0 bridgehead atoms. The predicted molar refractivity (Wildman–Crippen MR) is 101 cm³/mol. The van der Waals surface area contributed by atoms with Crippen molar-refractivity contribution in [3.63, 3.8) is 0 Å². The van der Waals surface area contributed by atoms with E-state index < -0.39 is 15.9 Å². The summed E-state index contributed by atoms with van der Waals surface area (Å²) in [4.78, 5) is 12.3. The molecule has 0 aliphatic rings. The molecule has 0 aliphatic carbocycles. The van der Waals surface area contributed by atoms with Gasteiger partial charge in [0.1, 0.15) is 16.4 Å². The Labute approximate surface area is 160 Å². The second-order valence-electron chi connectivity index (χ2n) is 5.21. The molecule has 0 spiro atoms. The minimum Gasteiger partial charge on any atom is -0.496 e. The summed E-state index contributed by atoms with van der Waals surface area (Å²) in [7, 11) is 0.444. The fourth-order valence-corrected chi connectivity index (χ4v) is 3.63. The first-order valence-electron chi connectivity index (χ1n) is 7.54. The van der Waals surface area contributed by atoms with Gasteiger partial charge in [-0.2, -0.15) is 0 Å². The molecule has 140 valence electrons. The summed E-state index contributed by atoms with van der Waals surface area (Å²) >= 11 is 3.38. The van der Waals surface area contributed by atoms with Crippen molar-refractivity contribution in [1.29, 1.82) is 0 Å². The van der Waals surface area contributed by atoms with Gasteiger partial charge in [0.25, 0.3) is 5.91 Å². The molecule has 2 N–H and O–H groups in total. The lowest BCUT2D eigenvalue weighted by molar-refractivity contribution is 0.0950. The van der Waals surface area contributed by atoms with E-state index in [1.165, 1.54) is 32.4 Å². The van der Waals surface area contributed by atoms with Crippen LogP contribution >= 0.6 is 15.9 Å². The number of hydrogen-bond acceptors (Lipinski definition) is 5. The van der Waals surface area contributed by atoms with Crippen LogP contribution in [0.2, 0.25) is 0 Å². The number of carbonyl (C=O) groups is 1. The first-order chi connectivity index (χ1) is 12.3. The van der Waals surface area contributed by atoms with Crippen LogP contribution in [-0.2, 0) is 16.6 Å². The normalized spacial score (nSPS) is 11.1. The fourth-order valence-electron chi connectivity index (χ4n) is 2.30. The smallest absolute Gasteiger partial charge is 0.251 e. The maximum Gasteiger partial charge on any atom is 0.251 e. The van der Waals surface area contributed by atoms with Crippen LogP contribution in [0.1, 0.15) is 15.9 Å². The van der Waals surface area contributed by atoms with Crippen molar-refractivity contribution in [2.24, 2.45) is 0 Å². The SMILES string of the molecule is CNS(=O)(=O)c1cc(C(=O)NCc2cc(Br)ccc2OC)ccc1OC. The topological polar surface area (TPSA) is 93.7 Å². The van der Waals surface area contributed by atoms with Gasteiger partial charge in [0, 0.05) is 22.1 Å². The van der Waals surface area contributed by atoms with E-state index in [9.17, 15) is 13.2 Å². The molecule has 0 aliphatic heterocycles. The van der Waals surface area contributed by atoms with Crippen LogP contribution in [0.5, 0.6) is 11.5 Å². The first-order valence-corrected chi connectivity index (χ1v) is 9.82. The summed E-state index contributed by atoms with van der Waals surface area (Å²) in [5, 5.41) is 2.76. The molecule has 0 unspecified atom stereocenters. The van der Waals surface area contributed by atoms with Crippen molar-refractivity contribution >= 4 is 31.9 Å². The Morgan fingerprint density at radius 2 is 1.73 bits per heavy atom. The second-order valence-corrected chi connectivity index (χ2v) is 7.98. The van der Waals surface area contributed by atoms with Gasteiger partial charge in [-0.3, -0.25) is 4.79 Å². The summed E-state index contributed by atoms with van der Waals surface area (Å²) in [5.41, 5.74) is 0.986. The van der Waals surface area contributed by atoms with Crippen LogP contribution in [-0.4, -0.2) is 35.6 Å². The highest BCUT2D eigenvalue weighted by Gasteiger charge is 2.20. The number of ether oxygens (including phenoxy) is 2. The third-order valence-electron chi connectivity index (χ3n) is 3.67. The van der Waals surface area contributed by atoms with E-state index in [0.717, 1.165) is 10.0 Å². The Hall–Kier alpha value is -2.10. The minimum atomic E-state index is -3.76.